The van der Waals surface area contributed by atoms with Gasteiger partial charge in [-0.05, 0) is 31.2 Å². The van der Waals surface area contributed by atoms with Crippen molar-refractivity contribution >= 4 is 5.91 Å². The van der Waals surface area contributed by atoms with Gasteiger partial charge in [-0.15, -0.1) is 0 Å². The Morgan fingerprint density at radius 3 is 2.30 bits per heavy atom. The monoisotopic (exact) mass is 282 g/mol. The third-order valence-electron chi connectivity index (χ3n) is 3.96. The molecule has 0 saturated heterocycles. The first kappa shape index (κ1) is 14.9. The molecule has 1 fully saturated rings. The zero-order valence-electron chi connectivity index (χ0n) is 11.3. The summed E-state index contributed by atoms with van der Waals surface area (Å²) >= 11 is 0. The third-order valence-corrected chi connectivity index (χ3v) is 3.96. The van der Waals surface area contributed by atoms with Crippen molar-refractivity contribution in [2.75, 3.05) is 0 Å². The molecule has 0 aliphatic heterocycles. The maximum Gasteiger partial charge on any atom is 0.263 e. The van der Waals surface area contributed by atoms with Crippen molar-refractivity contribution in [3.05, 3.63) is 35.4 Å². The minimum absolute atomic E-state index is 0.0124. The van der Waals surface area contributed by atoms with Crippen LogP contribution in [0.4, 0.5) is 8.78 Å². The maximum atomic E-state index is 12.4. The minimum Gasteiger partial charge on any atom is -0.369 e. The number of hydrogen-bond donors (Lipinski definition) is 2. The average Bonchev–Trinajstić information content (AvgIpc) is 2.46. The topological polar surface area (TPSA) is 55.1 Å². The highest BCUT2D eigenvalue weighted by atomic mass is 19.3. The van der Waals surface area contributed by atoms with Crippen LogP contribution in [0.2, 0.25) is 0 Å². The molecule has 1 saturated carbocycles. The summed E-state index contributed by atoms with van der Waals surface area (Å²) in [5, 5.41) is 3.41. The van der Waals surface area contributed by atoms with Crippen molar-refractivity contribution in [2.24, 2.45) is 11.7 Å². The van der Waals surface area contributed by atoms with E-state index in [2.05, 4.69) is 5.32 Å². The second kappa shape index (κ2) is 6.79. The highest BCUT2D eigenvalue weighted by Crippen LogP contribution is 2.24. The van der Waals surface area contributed by atoms with E-state index >= 15 is 0 Å². The molecule has 0 atom stereocenters. The van der Waals surface area contributed by atoms with Crippen LogP contribution in [-0.2, 0) is 11.3 Å². The lowest BCUT2D eigenvalue weighted by atomic mass is 9.85. The standard InChI is InChI=1S/C15H20F2N2O/c16-14(17)11-3-1-10(2-4-11)9-19-13-7-5-12(6-8-13)15(18)20/h1-4,12-14,19H,5-9H2,(H2,18,20). The fraction of sp³-hybridized carbons (Fsp3) is 0.533. The van der Waals surface area contributed by atoms with Gasteiger partial charge in [-0.3, -0.25) is 4.79 Å². The van der Waals surface area contributed by atoms with Crippen LogP contribution < -0.4 is 11.1 Å². The van der Waals surface area contributed by atoms with Crippen LogP contribution >= 0.6 is 0 Å². The largest absolute Gasteiger partial charge is 0.369 e. The predicted molar refractivity (Wildman–Crippen MR) is 73.2 cm³/mol. The first-order chi connectivity index (χ1) is 9.56. The molecule has 1 aliphatic carbocycles. The van der Waals surface area contributed by atoms with Gasteiger partial charge in [0.15, 0.2) is 0 Å². The first-order valence-corrected chi connectivity index (χ1v) is 6.96. The smallest absolute Gasteiger partial charge is 0.263 e. The number of nitrogens with one attached hydrogen (secondary N) is 1. The Labute approximate surface area is 117 Å². The highest BCUT2D eigenvalue weighted by Gasteiger charge is 2.24. The molecule has 1 aromatic carbocycles. The molecule has 0 radical (unpaired) electrons. The third kappa shape index (κ3) is 4.00. The van der Waals surface area contributed by atoms with E-state index in [1.807, 2.05) is 0 Å². The fourth-order valence-corrected chi connectivity index (χ4v) is 2.63. The molecule has 5 heteroatoms. The molecule has 3 nitrogen and oxygen atoms in total. The van der Waals surface area contributed by atoms with Crippen molar-refractivity contribution in [3.8, 4) is 0 Å². The average molecular weight is 282 g/mol. The van der Waals surface area contributed by atoms with E-state index in [9.17, 15) is 13.6 Å². The number of primary amides is 1. The maximum absolute atomic E-state index is 12.4. The molecule has 110 valence electrons. The summed E-state index contributed by atoms with van der Waals surface area (Å²) in [5.41, 5.74) is 6.34. The van der Waals surface area contributed by atoms with E-state index < -0.39 is 6.43 Å². The molecule has 0 bridgehead atoms. The zero-order valence-corrected chi connectivity index (χ0v) is 11.3. The lowest BCUT2D eigenvalue weighted by Gasteiger charge is -2.27. The van der Waals surface area contributed by atoms with Crippen LogP contribution in [0.3, 0.4) is 0 Å². The molecule has 3 N–H and O–H groups in total. The van der Waals surface area contributed by atoms with Gasteiger partial charge in [-0.2, -0.15) is 0 Å². The van der Waals surface area contributed by atoms with Gasteiger partial charge in [-0.25, -0.2) is 8.78 Å². The number of carbonyl (C=O) groups is 1. The fourth-order valence-electron chi connectivity index (χ4n) is 2.63. The number of alkyl halides is 2. The van der Waals surface area contributed by atoms with Crippen molar-refractivity contribution in [2.45, 2.75) is 44.7 Å². The molecule has 0 aromatic heterocycles. The molecule has 2 rings (SSSR count). The van der Waals surface area contributed by atoms with Crippen LogP contribution in [-0.4, -0.2) is 11.9 Å². The van der Waals surface area contributed by atoms with Crippen LogP contribution in [0.5, 0.6) is 0 Å². The molecular formula is C15H20F2N2O. The van der Waals surface area contributed by atoms with Gasteiger partial charge in [0.25, 0.3) is 6.43 Å². The van der Waals surface area contributed by atoms with Crippen molar-refractivity contribution in [1.29, 1.82) is 0 Å². The Morgan fingerprint density at radius 2 is 1.80 bits per heavy atom. The molecule has 1 aromatic rings. The minimum atomic E-state index is -2.42. The zero-order chi connectivity index (χ0) is 14.5. The Balaban J connectivity index is 1.77. The summed E-state index contributed by atoms with van der Waals surface area (Å²) in [6.45, 7) is 0.662. The summed E-state index contributed by atoms with van der Waals surface area (Å²) in [6, 6.07) is 6.75. The van der Waals surface area contributed by atoms with Crippen LogP contribution in [0.1, 0.15) is 43.2 Å². The van der Waals surface area contributed by atoms with E-state index in [0.717, 1.165) is 31.2 Å². The molecular weight excluding hydrogens is 262 g/mol. The number of carbonyl (C=O) groups excluding carboxylic acids is 1. The van der Waals surface area contributed by atoms with Crippen molar-refractivity contribution in [1.82, 2.24) is 5.32 Å². The second-order valence-electron chi connectivity index (χ2n) is 5.37. The molecule has 0 spiro atoms. The Kier molecular flexibility index (Phi) is 5.06. The van der Waals surface area contributed by atoms with Crippen LogP contribution in [0, 0.1) is 5.92 Å². The summed E-state index contributed by atoms with van der Waals surface area (Å²) in [6.07, 6.45) is 1.11. The second-order valence-corrected chi connectivity index (χ2v) is 5.37. The summed E-state index contributed by atoms with van der Waals surface area (Å²) < 4.78 is 24.8. The molecule has 0 unspecified atom stereocenters. The van der Waals surface area contributed by atoms with E-state index in [4.69, 9.17) is 5.73 Å². The number of amides is 1. The Morgan fingerprint density at radius 1 is 1.20 bits per heavy atom. The predicted octanol–water partition coefficient (Wildman–Crippen LogP) is 2.76. The highest BCUT2D eigenvalue weighted by molar-refractivity contribution is 5.76. The molecule has 20 heavy (non-hydrogen) atoms. The van der Waals surface area contributed by atoms with Gasteiger partial charge in [-0.1, -0.05) is 24.3 Å². The molecule has 0 heterocycles. The van der Waals surface area contributed by atoms with E-state index in [-0.39, 0.29) is 17.4 Å². The van der Waals surface area contributed by atoms with Crippen molar-refractivity contribution in [3.63, 3.8) is 0 Å². The normalized spacial score (nSPS) is 22.9. The van der Waals surface area contributed by atoms with Gasteiger partial charge in [0.05, 0.1) is 0 Å². The quantitative estimate of drug-likeness (QED) is 0.872. The summed E-state index contributed by atoms with van der Waals surface area (Å²) in [4.78, 5) is 11.1. The SMILES string of the molecule is NC(=O)C1CCC(NCc2ccc(C(F)F)cc2)CC1. The number of hydrogen-bond acceptors (Lipinski definition) is 2. The molecule has 1 aliphatic rings. The number of nitrogens with two attached hydrogens (primary N) is 1. The lowest BCUT2D eigenvalue weighted by Crippen LogP contribution is -2.36. The van der Waals surface area contributed by atoms with Crippen LogP contribution in [0.15, 0.2) is 24.3 Å². The number of benzene rings is 1. The van der Waals surface area contributed by atoms with Crippen molar-refractivity contribution < 1.29 is 13.6 Å². The van der Waals surface area contributed by atoms with E-state index in [1.54, 1.807) is 12.1 Å². The Hall–Kier alpha value is -1.49. The van der Waals surface area contributed by atoms with Gasteiger partial charge in [0.2, 0.25) is 5.91 Å². The molecule has 1 amide bonds. The van der Waals surface area contributed by atoms with Gasteiger partial charge < -0.3 is 11.1 Å². The lowest BCUT2D eigenvalue weighted by molar-refractivity contribution is -0.122. The van der Waals surface area contributed by atoms with Gasteiger partial charge >= 0.3 is 0 Å². The van der Waals surface area contributed by atoms with E-state index in [1.165, 1.54) is 12.1 Å². The van der Waals surface area contributed by atoms with Gasteiger partial charge in [0.1, 0.15) is 0 Å². The Bertz CT molecular complexity index is 440. The van der Waals surface area contributed by atoms with Crippen LogP contribution in [0.25, 0.3) is 0 Å². The summed E-state index contributed by atoms with van der Waals surface area (Å²) in [7, 11) is 0. The van der Waals surface area contributed by atoms with Gasteiger partial charge in [0, 0.05) is 24.1 Å². The number of rotatable bonds is 5. The summed E-state index contributed by atoms with van der Waals surface area (Å²) in [5.74, 6) is -0.190. The number of halogens is 2. The van der Waals surface area contributed by atoms with E-state index in [0.29, 0.717) is 12.6 Å². The first-order valence-electron chi connectivity index (χ1n) is 6.96.